The summed E-state index contributed by atoms with van der Waals surface area (Å²) in [7, 11) is -3.81. The number of fused-ring (bicyclic) bond motifs is 3. The van der Waals surface area contributed by atoms with Gasteiger partial charge in [-0.15, -0.1) is 0 Å². The second kappa shape index (κ2) is 8.52. The molecule has 1 saturated carbocycles. The first kappa shape index (κ1) is 23.9. The Morgan fingerprint density at radius 3 is 2.55 bits per heavy atom. The highest BCUT2D eigenvalue weighted by Gasteiger charge is 2.37. The minimum Gasteiger partial charge on any atom is -0.444 e. The van der Waals surface area contributed by atoms with Crippen LogP contribution in [0, 0.1) is 5.92 Å². The molecular formula is C24H33N3O5S. The van der Waals surface area contributed by atoms with E-state index in [1.54, 1.807) is 33.0 Å². The normalized spacial score (nSPS) is 20.8. The van der Waals surface area contributed by atoms with Crippen LogP contribution in [0.15, 0.2) is 23.2 Å². The molecule has 0 spiro atoms. The molecule has 2 aliphatic rings. The first-order valence-corrected chi connectivity index (χ1v) is 13.0. The Labute approximate surface area is 195 Å². The van der Waals surface area contributed by atoms with Gasteiger partial charge in [0.15, 0.2) is 0 Å². The van der Waals surface area contributed by atoms with Gasteiger partial charge in [-0.05, 0) is 62.8 Å². The molecule has 8 nitrogen and oxygen atoms in total. The average molecular weight is 476 g/mol. The Morgan fingerprint density at radius 1 is 1.24 bits per heavy atom. The molecule has 0 radical (unpaired) electrons. The number of carbonyl (C=O) groups excluding carboxylic acids is 1. The number of benzene rings is 1. The molecule has 180 valence electrons. The molecular weight excluding hydrogens is 442 g/mol. The van der Waals surface area contributed by atoms with Gasteiger partial charge < -0.3 is 15.2 Å². The number of pyridine rings is 1. The lowest BCUT2D eigenvalue weighted by molar-refractivity contribution is 0.0493. The fraction of sp³-hybridized carbons (Fsp3) is 0.583. The van der Waals surface area contributed by atoms with Crippen molar-refractivity contribution in [1.82, 2.24) is 15.0 Å². The van der Waals surface area contributed by atoms with Crippen molar-refractivity contribution < 1.29 is 23.1 Å². The number of rotatable bonds is 6. The van der Waals surface area contributed by atoms with Crippen LogP contribution in [0.3, 0.4) is 0 Å². The Hall–Kier alpha value is -2.23. The molecule has 9 heteroatoms. The van der Waals surface area contributed by atoms with Crippen LogP contribution in [0.5, 0.6) is 0 Å². The highest BCUT2D eigenvalue weighted by Crippen LogP contribution is 2.46. The maximum atomic E-state index is 13.3. The summed E-state index contributed by atoms with van der Waals surface area (Å²) in [5.74, 6) is 0.500. The maximum Gasteiger partial charge on any atom is 0.408 e. The summed E-state index contributed by atoms with van der Waals surface area (Å²) < 4.78 is 34.6. The van der Waals surface area contributed by atoms with Gasteiger partial charge in [0.25, 0.3) is 0 Å². The van der Waals surface area contributed by atoms with Crippen molar-refractivity contribution in [3.05, 3.63) is 35.2 Å². The molecule has 0 aliphatic heterocycles. The van der Waals surface area contributed by atoms with Crippen molar-refractivity contribution in [3.8, 4) is 0 Å². The van der Waals surface area contributed by atoms with Crippen LogP contribution in [-0.4, -0.2) is 36.7 Å². The Morgan fingerprint density at radius 2 is 1.94 bits per heavy atom. The van der Waals surface area contributed by atoms with Crippen molar-refractivity contribution >= 4 is 26.9 Å². The van der Waals surface area contributed by atoms with Gasteiger partial charge in [0.05, 0.1) is 17.0 Å². The second-order valence-corrected chi connectivity index (χ2v) is 12.2. The zero-order valence-corrected chi connectivity index (χ0v) is 20.6. The fourth-order valence-electron chi connectivity index (χ4n) is 4.23. The standard InChI is InChI=1S/C24H33N3O5S/c1-13(2)11-26-33(30,31)21-9-16-20(28)10-19(27-23(29)32-24(3,4)5)22(16)17-12-25-18(8-15(17)21)14-6-7-14/h8-9,12-14,19-20,26,28H,6-7,10-11H2,1-5H3,(H,27,29). The van der Waals surface area contributed by atoms with Crippen LogP contribution in [0.4, 0.5) is 4.79 Å². The van der Waals surface area contributed by atoms with E-state index in [1.165, 1.54) is 0 Å². The summed E-state index contributed by atoms with van der Waals surface area (Å²) in [6.45, 7) is 9.54. The number of ether oxygens (including phenoxy) is 1. The summed E-state index contributed by atoms with van der Waals surface area (Å²) in [4.78, 5) is 17.2. The average Bonchev–Trinajstić information content (AvgIpc) is 3.49. The molecule has 0 saturated heterocycles. The number of aromatic nitrogens is 1. The molecule has 0 bridgehead atoms. The third-order valence-electron chi connectivity index (χ3n) is 5.90. The van der Waals surface area contributed by atoms with E-state index in [9.17, 15) is 18.3 Å². The van der Waals surface area contributed by atoms with Gasteiger partial charge in [0.1, 0.15) is 5.60 Å². The van der Waals surface area contributed by atoms with Gasteiger partial charge in [0.2, 0.25) is 10.0 Å². The van der Waals surface area contributed by atoms with Crippen molar-refractivity contribution in [2.75, 3.05) is 6.54 Å². The molecule has 33 heavy (non-hydrogen) atoms. The van der Waals surface area contributed by atoms with Gasteiger partial charge in [0, 0.05) is 41.5 Å². The number of hydrogen-bond acceptors (Lipinski definition) is 6. The molecule has 1 aromatic carbocycles. The lowest BCUT2D eigenvalue weighted by Crippen LogP contribution is -2.34. The Kier molecular flexibility index (Phi) is 6.18. The largest absolute Gasteiger partial charge is 0.444 e. The van der Waals surface area contributed by atoms with E-state index in [1.807, 2.05) is 19.9 Å². The van der Waals surface area contributed by atoms with Gasteiger partial charge in [-0.1, -0.05) is 13.8 Å². The monoisotopic (exact) mass is 475 g/mol. The van der Waals surface area contributed by atoms with Gasteiger partial charge >= 0.3 is 6.09 Å². The summed E-state index contributed by atoms with van der Waals surface area (Å²) in [5.41, 5.74) is 1.40. The molecule has 1 fully saturated rings. The zero-order valence-electron chi connectivity index (χ0n) is 19.8. The quantitative estimate of drug-likeness (QED) is 0.580. The van der Waals surface area contributed by atoms with Crippen molar-refractivity contribution in [3.63, 3.8) is 0 Å². The highest BCUT2D eigenvalue weighted by atomic mass is 32.2. The van der Waals surface area contributed by atoms with Crippen LogP contribution in [0.25, 0.3) is 10.8 Å². The molecule has 1 heterocycles. The van der Waals surface area contributed by atoms with Gasteiger partial charge in [-0.3, -0.25) is 4.98 Å². The first-order chi connectivity index (χ1) is 15.4. The molecule has 2 aliphatic carbocycles. The Balaban J connectivity index is 1.82. The molecule has 2 unspecified atom stereocenters. The minimum atomic E-state index is -3.81. The van der Waals surface area contributed by atoms with Crippen molar-refractivity contribution in [2.24, 2.45) is 5.92 Å². The summed E-state index contributed by atoms with van der Waals surface area (Å²) >= 11 is 0. The lowest BCUT2D eigenvalue weighted by atomic mass is 9.99. The van der Waals surface area contributed by atoms with E-state index >= 15 is 0 Å². The van der Waals surface area contributed by atoms with Crippen LogP contribution in [0.2, 0.25) is 0 Å². The number of sulfonamides is 1. The second-order valence-electron chi connectivity index (χ2n) is 10.5. The summed E-state index contributed by atoms with van der Waals surface area (Å²) in [6.07, 6.45) is 2.50. The van der Waals surface area contributed by atoms with E-state index in [0.717, 1.165) is 18.5 Å². The molecule has 2 aromatic rings. The zero-order chi connectivity index (χ0) is 24.1. The van der Waals surface area contributed by atoms with Crippen LogP contribution in [0.1, 0.15) is 88.8 Å². The topological polar surface area (TPSA) is 118 Å². The van der Waals surface area contributed by atoms with E-state index < -0.39 is 33.9 Å². The molecule has 2 atom stereocenters. The SMILES string of the molecule is CC(C)CNS(=O)(=O)c1cc2c(c3cnc(C4CC4)cc13)C(NC(=O)OC(C)(C)C)CC2O. The number of carbonyl (C=O) groups is 1. The number of hydrogen-bond donors (Lipinski definition) is 3. The number of nitrogens with zero attached hydrogens (tertiary/aromatic N) is 1. The Bertz CT molecular complexity index is 1180. The predicted octanol–water partition coefficient (Wildman–Crippen LogP) is 4.05. The van der Waals surface area contributed by atoms with Gasteiger partial charge in [-0.2, -0.15) is 0 Å². The number of aliphatic hydroxyl groups is 1. The minimum absolute atomic E-state index is 0.137. The number of amides is 1. The number of aliphatic hydroxyl groups excluding tert-OH is 1. The fourth-order valence-corrected chi connectivity index (χ4v) is 5.68. The van der Waals surface area contributed by atoms with E-state index in [-0.39, 0.29) is 17.2 Å². The lowest BCUT2D eigenvalue weighted by Gasteiger charge is -2.23. The van der Waals surface area contributed by atoms with Crippen LogP contribution in [-0.2, 0) is 14.8 Å². The third kappa shape index (κ3) is 5.15. The predicted molar refractivity (Wildman–Crippen MR) is 125 cm³/mol. The smallest absolute Gasteiger partial charge is 0.408 e. The van der Waals surface area contributed by atoms with Crippen molar-refractivity contribution in [2.45, 2.75) is 82.4 Å². The molecule has 1 amide bonds. The summed E-state index contributed by atoms with van der Waals surface area (Å²) in [6, 6.07) is 2.89. The van der Waals surface area contributed by atoms with E-state index in [0.29, 0.717) is 34.4 Å². The first-order valence-electron chi connectivity index (χ1n) is 11.5. The van der Waals surface area contributed by atoms with E-state index in [2.05, 4.69) is 15.0 Å². The third-order valence-corrected chi connectivity index (χ3v) is 7.37. The molecule has 4 rings (SSSR count). The van der Waals surface area contributed by atoms with Gasteiger partial charge in [-0.25, -0.2) is 17.9 Å². The van der Waals surface area contributed by atoms with Crippen LogP contribution < -0.4 is 10.0 Å². The van der Waals surface area contributed by atoms with E-state index in [4.69, 9.17) is 4.74 Å². The van der Waals surface area contributed by atoms with Crippen LogP contribution >= 0.6 is 0 Å². The highest BCUT2D eigenvalue weighted by molar-refractivity contribution is 7.89. The molecule has 3 N–H and O–H groups in total. The number of alkyl carbamates (subject to hydrolysis) is 1. The van der Waals surface area contributed by atoms with Crippen molar-refractivity contribution in [1.29, 1.82) is 0 Å². The maximum absolute atomic E-state index is 13.3. The summed E-state index contributed by atoms with van der Waals surface area (Å²) in [5, 5.41) is 14.8. The molecule has 1 aromatic heterocycles. The number of nitrogens with one attached hydrogen (secondary N) is 2.